The molecular formula is C12H21N3O3. The van der Waals surface area contributed by atoms with Gasteiger partial charge in [-0.2, -0.15) is 5.10 Å². The first-order valence-electron chi connectivity index (χ1n) is 5.99. The first kappa shape index (κ1) is 14.5. The van der Waals surface area contributed by atoms with Crippen LogP contribution in [-0.2, 0) is 16.0 Å². The summed E-state index contributed by atoms with van der Waals surface area (Å²) < 4.78 is 12.2. The highest BCUT2D eigenvalue weighted by Gasteiger charge is 2.15. The lowest BCUT2D eigenvalue weighted by atomic mass is 10.2. The summed E-state index contributed by atoms with van der Waals surface area (Å²) in [6.07, 6.45) is 3.19. The van der Waals surface area contributed by atoms with Gasteiger partial charge in [-0.3, -0.25) is 4.68 Å². The van der Waals surface area contributed by atoms with Crippen LogP contribution in [0.2, 0.25) is 0 Å². The van der Waals surface area contributed by atoms with E-state index in [0.717, 1.165) is 0 Å². The number of carbonyl (C=O) groups excluding carboxylic acids is 1. The van der Waals surface area contributed by atoms with Crippen molar-refractivity contribution in [3.63, 3.8) is 0 Å². The zero-order valence-corrected chi connectivity index (χ0v) is 11.2. The highest BCUT2D eigenvalue weighted by Crippen LogP contribution is 2.05. The van der Waals surface area contributed by atoms with Crippen molar-refractivity contribution in [3.05, 3.63) is 18.5 Å². The fourth-order valence-electron chi connectivity index (χ4n) is 1.23. The van der Waals surface area contributed by atoms with E-state index in [1.54, 1.807) is 10.9 Å². The molecule has 1 aromatic rings. The smallest absolute Gasteiger partial charge is 0.407 e. The van der Waals surface area contributed by atoms with Gasteiger partial charge in [0.15, 0.2) is 0 Å². The molecular weight excluding hydrogens is 234 g/mol. The van der Waals surface area contributed by atoms with Crippen LogP contribution in [0.1, 0.15) is 20.8 Å². The Kier molecular flexibility index (Phi) is 5.64. The summed E-state index contributed by atoms with van der Waals surface area (Å²) in [5.74, 6) is 0. The largest absolute Gasteiger partial charge is 0.444 e. The van der Waals surface area contributed by atoms with Crippen molar-refractivity contribution < 1.29 is 14.3 Å². The number of hydrogen-bond donors (Lipinski definition) is 1. The quantitative estimate of drug-likeness (QED) is 0.781. The highest BCUT2D eigenvalue weighted by molar-refractivity contribution is 5.67. The number of alkyl carbamates (subject to hydrolysis) is 1. The first-order valence-corrected chi connectivity index (χ1v) is 5.99. The van der Waals surface area contributed by atoms with Gasteiger partial charge >= 0.3 is 6.09 Å². The lowest BCUT2D eigenvalue weighted by Crippen LogP contribution is -2.34. The fourth-order valence-corrected chi connectivity index (χ4v) is 1.23. The monoisotopic (exact) mass is 255 g/mol. The summed E-state index contributed by atoms with van der Waals surface area (Å²) in [6, 6.07) is 1.87. The van der Waals surface area contributed by atoms with Gasteiger partial charge in [-0.15, -0.1) is 0 Å². The first-order chi connectivity index (χ1) is 8.47. The fraction of sp³-hybridized carbons (Fsp3) is 0.667. The molecule has 6 heteroatoms. The van der Waals surface area contributed by atoms with Crippen molar-refractivity contribution >= 4 is 6.09 Å². The van der Waals surface area contributed by atoms with E-state index in [2.05, 4.69) is 10.4 Å². The van der Waals surface area contributed by atoms with Crippen LogP contribution in [0.5, 0.6) is 0 Å². The standard InChI is InChI=1S/C12H21N3O3/c1-12(2,3)18-11(16)13-6-9-17-10-8-15-7-4-5-14-15/h4-5,7H,6,8-10H2,1-3H3,(H,13,16). The van der Waals surface area contributed by atoms with Gasteiger partial charge in [-0.05, 0) is 26.8 Å². The number of nitrogens with one attached hydrogen (secondary N) is 1. The molecule has 1 amide bonds. The number of nitrogens with zero attached hydrogens (tertiary/aromatic N) is 2. The minimum Gasteiger partial charge on any atom is -0.444 e. The molecule has 0 saturated heterocycles. The summed E-state index contributed by atoms with van der Waals surface area (Å²) in [5, 5.41) is 6.67. The van der Waals surface area contributed by atoms with Crippen LogP contribution >= 0.6 is 0 Å². The maximum absolute atomic E-state index is 11.3. The van der Waals surface area contributed by atoms with E-state index in [-0.39, 0.29) is 0 Å². The van der Waals surface area contributed by atoms with E-state index in [9.17, 15) is 4.79 Å². The maximum atomic E-state index is 11.3. The van der Waals surface area contributed by atoms with E-state index in [1.807, 2.05) is 33.0 Å². The number of aromatic nitrogens is 2. The Morgan fingerprint density at radius 3 is 2.78 bits per heavy atom. The highest BCUT2D eigenvalue weighted by atomic mass is 16.6. The second kappa shape index (κ2) is 7.00. The summed E-state index contributed by atoms with van der Waals surface area (Å²) >= 11 is 0. The third kappa shape index (κ3) is 6.90. The van der Waals surface area contributed by atoms with Gasteiger partial charge in [0.2, 0.25) is 0 Å². The Morgan fingerprint density at radius 1 is 1.39 bits per heavy atom. The third-order valence-corrected chi connectivity index (χ3v) is 1.94. The summed E-state index contributed by atoms with van der Waals surface area (Å²) in [4.78, 5) is 11.3. The molecule has 0 aromatic carbocycles. The third-order valence-electron chi connectivity index (χ3n) is 1.94. The minimum atomic E-state index is -0.467. The molecule has 1 N–H and O–H groups in total. The van der Waals surface area contributed by atoms with Crippen LogP contribution in [-0.4, -0.2) is 41.2 Å². The lowest BCUT2D eigenvalue weighted by molar-refractivity contribution is 0.0496. The molecule has 0 fully saturated rings. The summed E-state index contributed by atoms with van der Waals surface area (Å²) in [6.45, 7) is 7.65. The Balaban J connectivity index is 1.97. The van der Waals surface area contributed by atoms with Crippen LogP contribution in [0.3, 0.4) is 0 Å². The SMILES string of the molecule is CC(C)(C)OC(=O)NCCOCCn1cccn1. The molecule has 1 rings (SSSR count). The van der Waals surface area contributed by atoms with E-state index in [4.69, 9.17) is 9.47 Å². The van der Waals surface area contributed by atoms with Crippen LogP contribution in [0, 0.1) is 0 Å². The zero-order chi connectivity index (χ0) is 13.4. The van der Waals surface area contributed by atoms with Crippen molar-refractivity contribution in [2.45, 2.75) is 32.9 Å². The van der Waals surface area contributed by atoms with Crippen molar-refractivity contribution in [2.24, 2.45) is 0 Å². The van der Waals surface area contributed by atoms with Crippen molar-refractivity contribution in [2.75, 3.05) is 19.8 Å². The van der Waals surface area contributed by atoms with Gasteiger partial charge < -0.3 is 14.8 Å². The van der Waals surface area contributed by atoms with Gasteiger partial charge in [-0.1, -0.05) is 0 Å². The molecule has 1 aromatic heterocycles. The Labute approximate surface area is 107 Å². The average Bonchev–Trinajstić information content (AvgIpc) is 2.73. The van der Waals surface area contributed by atoms with Gasteiger partial charge in [0.25, 0.3) is 0 Å². The van der Waals surface area contributed by atoms with Crippen LogP contribution in [0.15, 0.2) is 18.5 Å². The molecule has 0 spiro atoms. The molecule has 0 bridgehead atoms. The number of hydrogen-bond acceptors (Lipinski definition) is 4. The molecule has 0 aliphatic carbocycles. The molecule has 0 aliphatic heterocycles. The molecule has 0 aliphatic rings. The predicted octanol–water partition coefficient (Wildman–Crippen LogP) is 1.42. The average molecular weight is 255 g/mol. The Bertz CT molecular complexity index is 344. The number of rotatable bonds is 6. The maximum Gasteiger partial charge on any atom is 0.407 e. The zero-order valence-electron chi connectivity index (χ0n) is 11.2. The Morgan fingerprint density at radius 2 is 2.17 bits per heavy atom. The molecule has 6 nitrogen and oxygen atoms in total. The van der Waals surface area contributed by atoms with E-state index >= 15 is 0 Å². The van der Waals surface area contributed by atoms with E-state index < -0.39 is 11.7 Å². The number of amides is 1. The predicted molar refractivity (Wildman–Crippen MR) is 67.3 cm³/mol. The summed E-state index contributed by atoms with van der Waals surface area (Å²) in [5.41, 5.74) is -0.467. The normalized spacial score (nSPS) is 11.3. The summed E-state index contributed by atoms with van der Waals surface area (Å²) in [7, 11) is 0. The molecule has 1 heterocycles. The minimum absolute atomic E-state index is 0.418. The molecule has 102 valence electrons. The second-order valence-electron chi connectivity index (χ2n) is 4.81. The van der Waals surface area contributed by atoms with Crippen molar-refractivity contribution in [1.82, 2.24) is 15.1 Å². The molecule has 0 saturated carbocycles. The van der Waals surface area contributed by atoms with Crippen LogP contribution < -0.4 is 5.32 Å². The second-order valence-corrected chi connectivity index (χ2v) is 4.81. The van der Waals surface area contributed by atoms with Gasteiger partial charge in [0.05, 0.1) is 19.8 Å². The van der Waals surface area contributed by atoms with Crippen molar-refractivity contribution in [3.8, 4) is 0 Å². The molecule has 18 heavy (non-hydrogen) atoms. The van der Waals surface area contributed by atoms with Crippen LogP contribution in [0.4, 0.5) is 4.79 Å². The Hall–Kier alpha value is -1.56. The lowest BCUT2D eigenvalue weighted by Gasteiger charge is -2.19. The van der Waals surface area contributed by atoms with E-state index in [1.165, 1.54) is 0 Å². The van der Waals surface area contributed by atoms with Gasteiger partial charge in [-0.25, -0.2) is 4.79 Å². The molecule has 0 radical (unpaired) electrons. The molecule has 0 atom stereocenters. The van der Waals surface area contributed by atoms with Crippen molar-refractivity contribution in [1.29, 1.82) is 0 Å². The van der Waals surface area contributed by atoms with Crippen LogP contribution in [0.25, 0.3) is 0 Å². The number of ether oxygens (including phenoxy) is 2. The van der Waals surface area contributed by atoms with E-state index in [0.29, 0.717) is 26.3 Å². The van der Waals surface area contributed by atoms with Gasteiger partial charge in [0, 0.05) is 18.9 Å². The topological polar surface area (TPSA) is 65.4 Å². The number of carbonyl (C=O) groups is 1. The molecule has 0 unspecified atom stereocenters. The van der Waals surface area contributed by atoms with Gasteiger partial charge in [0.1, 0.15) is 5.60 Å².